The molecule has 3 N–H and O–H groups in total. The Balaban J connectivity index is 2.73. The largest absolute Gasteiger partial charge is 0.375 e. The molecule has 0 aliphatic heterocycles. The van der Waals surface area contributed by atoms with E-state index in [-0.39, 0.29) is 5.11 Å². The highest BCUT2D eigenvalue weighted by Gasteiger charge is 2.10. The third-order valence-corrected chi connectivity index (χ3v) is 3.08. The Morgan fingerprint density at radius 2 is 1.91 bits per heavy atom. The lowest BCUT2D eigenvalue weighted by molar-refractivity contribution is 0.211. The summed E-state index contributed by atoms with van der Waals surface area (Å²) in [6.45, 7) is 12.2. The Bertz CT molecular complexity index is 487. The van der Waals surface area contributed by atoms with Crippen molar-refractivity contribution in [1.82, 2.24) is 10.3 Å². The number of hydrogen-bond acceptors (Lipinski definition) is 3. The summed E-state index contributed by atoms with van der Waals surface area (Å²) in [5.74, 6) is 1.33. The van der Waals surface area contributed by atoms with Crippen molar-refractivity contribution in [3.8, 4) is 0 Å². The smallest absolute Gasteiger partial charge is 0.184 e. The van der Waals surface area contributed by atoms with Gasteiger partial charge in [0.1, 0.15) is 0 Å². The molecule has 0 bridgehead atoms. The fraction of sp³-hybridized carbons (Fsp3) is 0.529. The van der Waals surface area contributed by atoms with Gasteiger partial charge in [-0.25, -0.2) is 0 Å². The number of nitrogens with zero attached hydrogens (tertiary/aromatic N) is 2. The average Bonchev–Trinajstić information content (AvgIpc) is 2.37. The molecule has 0 spiro atoms. The van der Waals surface area contributed by atoms with E-state index in [1.165, 1.54) is 5.56 Å². The summed E-state index contributed by atoms with van der Waals surface area (Å²) < 4.78 is 0. The molecule has 0 aliphatic carbocycles. The van der Waals surface area contributed by atoms with E-state index < -0.39 is 0 Å². The zero-order valence-corrected chi connectivity index (χ0v) is 14.9. The number of benzene rings is 1. The highest BCUT2D eigenvalue weighted by atomic mass is 32.1. The van der Waals surface area contributed by atoms with Gasteiger partial charge in [0, 0.05) is 19.6 Å². The molecule has 0 unspecified atom stereocenters. The van der Waals surface area contributed by atoms with Crippen LogP contribution in [-0.4, -0.2) is 29.3 Å². The second-order valence-electron chi connectivity index (χ2n) is 6.46. The highest BCUT2D eigenvalue weighted by Crippen LogP contribution is 2.11. The first kappa shape index (κ1) is 18.6. The first-order valence-electron chi connectivity index (χ1n) is 7.76. The summed E-state index contributed by atoms with van der Waals surface area (Å²) in [5, 5.41) is 4.18. The molecule has 22 heavy (non-hydrogen) atoms. The number of thiocarbonyl (C=S) groups is 1. The normalized spacial score (nSPS) is 11.8. The topological polar surface area (TPSA) is 53.6 Å². The van der Waals surface area contributed by atoms with E-state index in [9.17, 15) is 0 Å². The molecule has 0 heterocycles. The second kappa shape index (κ2) is 9.54. The van der Waals surface area contributed by atoms with Gasteiger partial charge >= 0.3 is 0 Å². The fourth-order valence-corrected chi connectivity index (χ4v) is 2.49. The van der Waals surface area contributed by atoms with Gasteiger partial charge in [0.05, 0.1) is 6.21 Å². The van der Waals surface area contributed by atoms with Crippen LogP contribution in [0.2, 0.25) is 0 Å². The Labute approximate surface area is 139 Å². The number of hydrazone groups is 1. The van der Waals surface area contributed by atoms with Crippen molar-refractivity contribution in [2.24, 2.45) is 22.7 Å². The molecule has 0 fully saturated rings. The minimum absolute atomic E-state index is 0.174. The first-order valence-corrected chi connectivity index (χ1v) is 8.17. The minimum Gasteiger partial charge on any atom is -0.375 e. The van der Waals surface area contributed by atoms with Crippen LogP contribution in [0.4, 0.5) is 0 Å². The van der Waals surface area contributed by atoms with Gasteiger partial charge in [-0.15, -0.1) is 0 Å². The monoisotopic (exact) mass is 320 g/mol. The molecule has 122 valence electrons. The first-order chi connectivity index (χ1) is 10.4. The van der Waals surface area contributed by atoms with E-state index in [0.717, 1.165) is 25.2 Å². The van der Waals surface area contributed by atoms with E-state index in [1.54, 1.807) is 6.21 Å². The maximum Gasteiger partial charge on any atom is 0.184 e. The van der Waals surface area contributed by atoms with Gasteiger partial charge in [0.2, 0.25) is 0 Å². The van der Waals surface area contributed by atoms with E-state index in [1.807, 2.05) is 6.07 Å². The van der Waals surface area contributed by atoms with Gasteiger partial charge in [-0.1, -0.05) is 45.9 Å². The van der Waals surface area contributed by atoms with Gasteiger partial charge < -0.3 is 5.73 Å². The van der Waals surface area contributed by atoms with Crippen LogP contribution >= 0.6 is 12.2 Å². The lowest BCUT2D eigenvalue weighted by atomic mass is 10.1. The van der Waals surface area contributed by atoms with Gasteiger partial charge in [0.25, 0.3) is 0 Å². The minimum atomic E-state index is 0.174. The average molecular weight is 321 g/mol. The SMILES string of the molecule is CC(C)CN(Cc1cccc(C=NNC(N)=S)c1)CC(C)C. The van der Waals surface area contributed by atoms with Crippen LogP contribution in [0, 0.1) is 11.8 Å². The molecule has 1 aromatic carbocycles. The van der Waals surface area contributed by atoms with Crippen molar-refractivity contribution in [3.63, 3.8) is 0 Å². The summed E-state index contributed by atoms with van der Waals surface area (Å²) >= 11 is 4.72. The molecule has 0 amide bonds. The van der Waals surface area contributed by atoms with Crippen LogP contribution < -0.4 is 11.2 Å². The summed E-state index contributed by atoms with van der Waals surface area (Å²) in [6.07, 6.45) is 1.73. The number of hydrogen-bond donors (Lipinski definition) is 2. The Hall–Kier alpha value is -1.46. The zero-order chi connectivity index (χ0) is 16.5. The van der Waals surface area contributed by atoms with Crippen molar-refractivity contribution in [2.75, 3.05) is 13.1 Å². The quantitative estimate of drug-likeness (QED) is 0.439. The number of nitrogens with two attached hydrogens (primary N) is 1. The molecular weight excluding hydrogens is 292 g/mol. The van der Waals surface area contributed by atoms with Crippen LogP contribution in [0.5, 0.6) is 0 Å². The van der Waals surface area contributed by atoms with E-state index in [0.29, 0.717) is 11.8 Å². The molecule has 0 aromatic heterocycles. The van der Waals surface area contributed by atoms with Gasteiger partial charge in [-0.2, -0.15) is 5.10 Å². The van der Waals surface area contributed by atoms with Gasteiger partial charge in [0.15, 0.2) is 5.11 Å². The summed E-state index contributed by atoms with van der Waals surface area (Å²) in [7, 11) is 0. The second-order valence-corrected chi connectivity index (χ2v) is 6.90. The zero-order valence-electron chi connectivity index (χ0n) is 14.0. The highest BCUT2D eigenvalue weighted by molar-refractivity contribution is 7.80. The van der Waals surface area contributed by atoms with Crippen molar-refractivity contribution in [2.45, 2.75) is 34.2 Å². The van der Waals surface area contributed by atoms with E-state index in [4.69, 9.17) is 18.0 Å². The third-order valence-electron chi connectivity index (χ3n) is 2.99. The molecule has 0 saturated carbocycles. The summed E-state index contributed by atoms with van der Waals surface area (Å²) in [5.41, 5.74) is 10.2. The van der Waals surface area contributed by atoms with Gasteiger partial charge in [-0.3, -0.25) is 10.3 Å². The number of rotatable bonds is 8. The maximum atomic E-state index is 5.34. The Morgan fingerprint density at radius 3 is 2.45 bits per heavy atom. The van der Waals surface area contributed by atoms with Crippen LogP contribution in [0.3, 0.4) is 0 Å². The molecular formula is C17H28N4S. The van der Waals surface area contributed by atoms with Crippen molar-refractivity contribution < 1.29 is 0 Å². The standard InChI is InChI=1S/C17H28N4S/c1-13(2)10-21(11-14(3)4)12-16-7-5-6-15(8-16)9-19-20-17(18)22/h5-9,13-14H,10-12H2,1-4H3,(H3,18,20,22). The van der Waals surface area contributed by atoms with E-state index in [2.05, 4.69) is 61.3 Å². The van der Waals surface area contributed by atoms with Crippen LogP contribution in [0.15, 0.2) is 29.4 Å². The van der Waals surface area contributed by atoms with Crippen molar-refractivity contribution >= 4 is 23.5 Å². The maximum absolute atomic E-state index is 5.34. The molecule has 5 heteroatoms. The number of nitrogens with one attached hydrogen (secondary N) is 1. The van der Waals surface area contributed by atoms with E-state index >= 15 is 0 Å². The van der Waals surface area contributed by atoms with Gasteiger partial charge in [-0.05, 0) is 41.2 Å². The lowest BCUT2D eigenvalue weighted by Crippen LogP contribution is -2.30. The van der Waals surface area contributed by atoms with Crippen molar-refractivity contribution in [3.05, 3.63) is 35.4 Å². The molecule has 0 saturated heterocycles. The van der Waals surface area contributed by atoms with Crippen LogP contribution in [0.1, 0.15) is 38.8 Å². The summed E-state index contributed by atoms with van der Waals surface area (Å²) in [6, 6.07) is 8.38. The van der Waals surface area contributed by atoms with Crippen LogP contribution in [-0.2, 0) is 6.54 Å². The Morgan fingerprint density at radius 1 is 1.27 bits per heavy atom. The molecule has 0 aliphatic rings. The molecule has 0 radical (unpaired) electrons. The Kier molecular flexibility index (Phi) is 8.06. The summed E-state index contributed by atoms with van der Waals surface area (Å²) in [4.78, 5) is 2.51. The predicted molar refractivity (Wildman–Crippen MR) is 98.9 cm³/mol. The molecule has 4 nitrogen and oxygen atoms in total. The third kappa shape index (κ3) is 8.10. The molecule has 1 aromatic rings. The van der Waals surface area contributed by atoms with Crippen molar-refractivity contribution in [1.29, 1.82) is 0 Å². The van der Waals surface area contributed by atoms with Crippen LogP contribution in [0.25, 0.3) is 0 Å². The lowest BCUT2D eigenvalue weighted by Gasteiger charge is -2.26. The molecule has 0 atom stereocenters. The fourth-order valence-electron chi connectivity index (χ4n) is 2.44. The predicted octanol–water partition coefficient (Wildman–Crippen LogP) is 2.97. The molecule has 1 rings (SSSR count).